The summed E-state index contributed by atoms with van der Waals surface area (Å²) >= 11 is 0. The second kappa shape index (κ2) is 3.25. The van der Waals surface area contributed by atoms with Gasteiger partial charge in [0, 0.05) is 12.2 Å². The van der Waals surface area contributed by atoms with Crippen LogP contribution in [0.4, 0.5) is 5.69 Å². The van der Waals surface area contributed by atoms with Crippen molar-refractivity contribution in [2.45, 2.75) is 6.92 Å². The van der Waals surface area contributed by atoms with Crippen LogP contribution in [0.5, 0.6) is 0 Å². The molecule has 0 aromatic heterocycles. The largest absolute Gasteiger partial charge is 0.385 e. The van der Waals surface area contributed by atoms with Crippen LogP contribution in [-0.4, -0.2) is 6.54 Å². The van der Waals surface area contributed by atoms with Gasteiger partial charge in [-0.3, -0.25) is 0 Å². The smallest absolute Gasteiger partial charge is 0.0372 e. The van der Waals surface area contributed by atoms with E-state index in [4.69, 9.17) is 0 Å². The van der Waals surface area contributed by atoms with Gasteiger partial charge in [0.2, 0.25) is 0 Å². The minimum Gasteiger partial charge on any atom is -0.385 e. The van der Waals surface area contributed by atoms with E-state index in [0.29, 0.717) is 0 Å². The standard InChI is InChI=1S/C9H12N/c1-3-10-9-7-5-4-6-8(9)2/h4-7,10H,2-3H2,1H3. The Labute approximate surface area is 62.1 Å². The fourth-order valence-corrected chi connectivity index (χ4v) is 0.883. The Bertz CT molecular complexity index is 206. The van der Waals surface area contributed by atoms with Crippen LogP contribution >= 0.6 is 0 Å². The van der Waals surface area contributed by atoms with E-state index in [-0.39, 0.29) is 0 Å². The fourth-order valence-electron chi connectivity index (χ4n) is 0.883. The minimum absolute atomic E-state index is 0.951. The minimum atomic E-state index is 0.951. The molecule has 0 saturated heterocycles. The van der Waals surface area contributed by atoms with Crippen molar-refractivity contribution in [1.29, 1.82) is 0 Å². The predicted octanol–water partition coefficient (Wildman–Crippen LogP) is 2.30. The van der Waals surface area contributed by atoms with Crippen LogP contribution in [0.1, 0.15) is 12.5 Å². The molecular weight excluding hydrogens is 122 g/mol. The van der Waals surface area contributed by atoms with Crippen molar-refractivity contribution in [3.05, 3.63) is 36.8 Å². The quantitative estimate of drug-likeness (QED) is 0.654. The summed E-state index contributed by atoms with van der Waals surface area (Å²) < 4.78 is 0. The zero-order valence-electron chi connectivity index (χ0n) is 6.22. The van der Waals surface area contributed by atoms with Crippen LogP contribution in [-0.2, 0) is 0 Å². The van der Waals surface area contributed by atoms with E-state index in [0.717, 1.165) is 17.8 Å². The van der Waals surface area contributed by atoms with Crippen molar-refractivity contribution < 1.29 is 0 Å². The lowest BCUT2D eigenvalue weighted by molar-refractivity contribution is 1.21. The summed E-state index contributed by atoms with van der Waals surface area (Å²) in [6, 6.07) is 8.03. The molecule has 0 atom stereocenters. The summed E-state index contributed by atoms with van der Waals surface area (Å²) in [5, 5.41) is 3.21. The van der Waals surface area contributed by atoms with Crippen molar-refractivity contribution in [3.8, 4) is 0 Å². The monoisotopic (exact) mass is 134 g/mol. The molecule has 1 radical (unpaired) electrons. The second-order valence-electron chi connectivity index (χ2n) is 2.19. The molecule has 0 unspecified atom stereocenters. The number of anilines is 1. The highest BCUT2D eigenvalue weighted by molar-refractivity contribution is 5.52. The Hall–Kier alpha value is -0.980. The van der Waals surface area contributed by atoms with E-state index in [1.807, 2.05) is 24.3 Å². The zero-order chi connectivity index (χ0) is 7.40. The van der Waals surface area contributed by atoms with E-state index in [1.54, 1.807) is 0 Å². The molecule has 0 bridgehead atoms. The Morgan fingerprint density at radius 2 is 2.10 bits per heavy atom. The number of nitrogens with one attached hydrogen (secondary N) is 1. The molecule has 0 aliphatic heterocycles. The SMILES string of the molecule is [CH2]c1ccccc1NCC. The Morgan fingerprint density at radius 3 is 2.70 bits per heavy atom. The van der Waals surface area contributed by atoms with Crippen LogP contribution in [0.3, 0.4) is 0 Å². The summed E-state index contributed by atoms with van der Waals surface area (Å²) in [6.07, 6.45) is 0. The number of rotatable bonds is 2. The molecule has 1 N–H and O–H groups in total. The van der Waals surface area contributed by atoms with Gasteiger partial charge in [-0.15, -0.1) is 0 Å². The molecule has 0 aliphatic rings. The molecule has 0 heterocycles. The van der Waals surface area contributed by atoms with E-state index in [2.05, 4.69) is 19.2 Å². The van der Waals surface area contributed by atoms with Gasteiger partial charge >= 0.3 is 0 Å². The first-order valence-corrected chi connectivity index (χ1v) is 3.49. The van der Waals surface area contributed by atoms with Crippen molar-refractivity contribution in [2.24, 2.45) is 0 Å². The molecule has 0 amide bonds. The maximum atomic E-state index is 3.88. The fraction of sp³-hybridized carbons (Fsp3) is 0.222. The summed E-state index contributed by atoms with van der Waals surface area (Å²) in [4.78, 5) is 0. The normalized spacial score (nSPS) is 9.40. The van der Waals surface area contributed by atoms with Crippen molar-refractivity contribution in [3.63, 3.8) is 0 Å². The third-order valence-corrected chi connectivity index (χ3v) is 1.38. The van der Waals surface area contributed by atoms with Crippen molar-refractivity contribution in [1.82, 2.24) is 0 Å². The molecule has 1 aromatic carbocycles. The van der Waals surface area contributed by atoms with E-state index in [1.165, 1.54) is 0 Å². The lowest BCUT2D eigenvalue weighted by atomic mass is 10.2. The van der Waals surface area contributed by atoms with Crippen LogP contribution in [0, 0.1) is 6.92 Å². The molecule has 1 heteroatoms. The maximum absolute atomic E-state index is 3.88. The molecule has 0 aliphatic carbocycles. The molecule has 1 aromatic rings. The van der Waals surface area contributed by atoms with Crippen molar-refractivity contribution >= 4 is 5.69 Å². The third-order valence-electron chi connectivity index (χ3n) is 1.38. The highest BCUT2D eigenvalue weighted by Gasteiger charge is 1.90. The lowest BCUT2D eigenvalue weighted by Crippen LogP contribution is -1.97. The zero-order valence-corrected chi connectivity index (χ0v) is 6.22. The number of para-hydroxylation sites is 1. The first-order valence-electron chi connectivity index (χ1n) is 3.49. The second-order valence-corrected chi connectivity index (χ2v) is 2.19. The van der Waals surface area contributed by atoms with Gasteiger partial charge in [0.05, 0.1) is 0 Å². The molecule has 0 saturated carbocycles. The van der Waals surface area contributed by atoms with E-state index >= 15 is 0 Å². The topological polar surface area (TPSA) is 12.0 Å². The highest BCUT2D eigenvalue weighted by atomic mass is 14.9. The molecule has 10 heavy (non-hydrogen) atoms. The van der Waals surface area contributed by atoms with Gasteiger partial charge in [-0.05, 0) is 25.5 Å². The molecule has 0 spiro atoms. The average molecular weight is 134 g/mol. The van der Waals surface area contributed by atoms with E-state index < -0.39 is 0 Å². The van der Waals surface area contributed by atoms with Crippen LogP contribution < -0.4 is 5.32 Å². The molecule has 0 fully saturated rings. The molecular formula is C9H12N. The Balaban J connectivity index is 2.81. The summed E-state index contributed by atoms with van der Waals surface area (Å²) in [5.74, 6) is 0. The van der Waals surface area contributed by atoms with Crippen LogP contribution in [0.25, 0.3) is 0 Å². The van der Waals surface area contributed by atoms with Crippen molar-refractivity contribution in [2.75, 3.05) is 11.9 Å². The van der Waals surface area contributed by atoms with Crippen LogP contribution in [0.15, 0.2) is 24.3 Å². The first kappa shape index (κ1) is 7.13. The lowest BCUT2D eigenvalue weighted by Gasteiger charge is -2.04. The molecule has 53 valence electrons. The van der Waals surface area contributed by atoms with Gasteiger partial charge in [-0.25, -0.2) is 0 Å². The molecule has 1 nitrogen and oxygen atoms in total. The summed E-state index contributed by atoms with van der Waals surface area (Å²) in [7, 11) is 0. The average Bonchev–Trinajstić information content (AvgIpc) is 1.94. The highest BCUT2D eigenvalue weighted by Crippen LogP contribution is 2.11. The maximum Gasteiger partial charge on any atom is 0.0372 e. The molecule has 1 rings (SSSR count). The predicted molar refractivity (Wildman–Crippen MR) is 45.1 cm³/mol. The first-order chi connectivity index (χ1) is 4.84. The van der Waals surface area contributed by atoms with Gasteiger partial charge in [-0.2, -0.15) is 0 Å². The van der Waals surface area contributed by atoms with Crippen LogP contribution in [0.2, 0.25) is 0 Å². The van der Waals surface area contributed by atoms with Gasteiger partial charge in [0.1, 0.15) is 0 Å². The summed E-state index contributed by atoms with van der Waals surface area (Å²) in [5.41, 5.74) is 2.19. The third kappa shape index (κ3) is 1.50. The van der Waals surface area contributed by atoms with Gasteiger partial charge in [0.15, 0.2) is 0 Å². The number of hydrogen-bond donors (Lipinski definition) is 1. The summed E-state index contributed by atoms with van der Waals surface area (Å²) in [6.45, 7) is 6.90. The number of hydrogen-bond acceptors (Lipinski definition) is 1. The van der Waals surface area contributed by atoms with Gasteiger partial charge < -0.3 is 5.32 Å². The van der Waals surface area contributed by atoms with Gasteiger partial charge in [-0.1, -0.05) is 18.2 Å². The number of benzene rings is 1. The van der Waals surface area contributed by atoms with Gasteiger partial charge in [0.25, 0.3) is 0 Å². The van der Waals surface area contributed by atoms with E-state index in [9.17, 15) is 0 Å². The Kier molecular flexibility index (Phi) is 2.32. The Morgan fingerprint density at radius 1 is 1.40 bits per heavy atom.